The number of nitrogens with zero attached hydrogens (tertiary/aromatic N) is 4. The molecule has 11 heteroatoms. The zero-order valence-electron chi connectivity index (χ0n) is 15.5. The zero-order chi connectivity index (χ0) is 22.1. The molecule has 2 heterocycles. The molecule has 4 aromatic rings. The molecule has 1 amide bonds. The van der Waals surface area contributed by atoms with E-state index in [1.807, 2.05) is 0 Å². The Morgan fingerprint density at radius 2 is 2.03 bits per heavy atom. The van der Waals surface area contributed by atoms with Gasteiger partial charge in [0.25, 0.3) is 11.6 Å². The molecule has 0 aliphatic rings. The number of pyridine rings is 1. The summed E-state index contributed by atoms with van der Waals surface area (Å²) in [5.41, 5.74) is 0.107. The Morgan fingerprint density at radius 3 is 2.74 bits per heavy atom. The van der Waals surface area contributed by atoms with Gasteiger partial charge in [0.05, 0.1) is 26.8 Å². The summed E-state index contributed by atoms with van der Waals surface area (Å²) in [7, 11) is 0. The van der Waals surface area contributed by atoms with Crippen LogP contribution in [0, 0.1) is 21.7 Å². The molecule has 0 unspecified atom stereocenters. The summed E-state index contributed by atoms with van der Waals surface area (Å²) >= 11 is 7.05. The Labute approximate surface area is 182 Å². The Balaban J connectivity index is 1.84. The lowest BCUT2D eigenvalue weighted by atomic mass is 10.1. The van der Waals surface area contributed by atoms with Gasteiger partial charge in [-0.3, -0.25) is 24.8 Å². The van der Waals surface area contributed by atoms with Gasteiger partial charge in [-0.1, -0.05) is 29.0 Å². The quantitative estimate of drug-likeness (QED) is 0.295. The third kappa shape index (κ3) is 4.21. The Bertz CT molecular complexity index is 1320. The molecule has 0 saturated heterocycles. The van der Waals surface area contributed by atoms with E-state index < -0.39 is 22.5 Å². The van der Waals surface area contributed by atoms with Crippen LogP contribution in [0.3, 0.4) is 0 Å². The molecule has 0 aliphatic carbocycles. The summed E-state index contributed by atoms with van der Waals surface area (Å²) in [6.45, 7) is -0.0182. The summed E-state index contributed by atoms with van der Waals surface area (Å²) < 4.78 is 28.0. The van der Waals surface area contributed by atoms with E-state index >= 15 is 0 Å². The van der Waals surface area contributed by atoms with Crippen LogP contribution >= 0.6 is 22.9 Å². The van der Waals surface area contributed by atoms with E-state index in [-0.39, 0.29) is 38.2 Å². The van der Waals surface area contributed by atoms with Crippen molar-refractivity contribution in [2.24, 2.45) is 0 Å². The predicted molar refractivity (Wildman–Crippen MR) is 112 cm³/mol. The summed E-state index contributed by atoms with van der Waals surface area (Å²) in [4.78, 5) is 33.2. The molecule has 2 aromatic heterocycles. The second-order valence-corrected chi connectivity index (χ2v) is 7.82. The number of nitro groups is 1. The van der Waals surface area contributed by atoms with Crippen molar-refractivity contribution < 1.29 is 18.5 Å². The van der Waals surface area contributed by atoms with Gasteiger partial charge in [0.1, 0.15) is 11.3 Å². The number of carbonyl (C=O) groups excluding carboxylic acids is 1. The normalized spacial score (nSPS) is 10.9. The number of rotatable bonds is 5. The maximum absolute atomic E-state index is 14.2. The molecular weight excluding hydrogens is 450 g/mol. The van der Waals surface area contributed by atoms with Crippen LogP contribution in [-0.2, 0) is 6.54 Å². The number of anilines is 1. The average molecular weight is 461 g/mol. The first-order chi connectivity index (χ1) is 14.8. The molecule has 0 bridgehead atoms. The number of thiazole rings is 1. The lowest BCUT2D eigenvalue weighted by Gasteiger charge is -2.20. The monoisotopic (exact) mass is 460 g/mol. The van der Waals surface area contributed by atoms with Crippen molar-refractivity contribution in [2.45, 2.75) is 6.54 Å². The first-order valence-corrected chi connectivity index (χ1v) is 9.93. The molecule has 0 spiro atoms. The Hall–Kier alpha value is -3.50. The van der Waals surface area contributed by atoms with E-state index in [0.717, 1.165) is 23.5 Å². The van der Waals surface area contributed by atoms with Crippen molar-refractivity contribution in [2.75, 3.05) is 4.90 Å². The number of hydrogen-bond donors (Lipinski definition) is 0. The zero-order valence-corrected chi connectivity index (χ0v) is 17.0. The minimum atomic E-state index is -0.861. The van der Waals surface area contributed by atoms with Gasteiger partial charge < -0.3 is 0 Å². The molecular formula is C20H11ClF2N4O3S. The predicted octanol–water partition coefficient (Wildman–Crippen LogP) is 5.38. The number of hydrogen-bond acceptors (Lipinski definition) is 6. The topological polar surface area (TPSA) is 89.2 Å². The molecule has 0 saturated carbocycles. The number of aromatic nitrogens is 2. The molecule has 0 aliphatic heterocycles. The van der Waals surface area contributed by atoms with E-state index in [9.17, 15) is 23.7 Å². The fourth-order valence-electron chi connectivity index (χ4n) is 2.90. The van der Waals surface area contributed by atoms with E-state index in [0.29, 0.717) is 11.6 Å². The van der Waals surface area contributed by atoms with Crippen molar-refractivity contribution in [1.29, 1.82) is 0 Å². The molecule has 0 fully saturated rings. The summed E-state index contributed by atoms with van der Waals surface area (Å²) in [6, 6.07) is 8.71. The van der Waals surface area contributed by atoms with Crippen LogP contribution in [0.5, 0.6) is 0 Å². The number of fused-ring (bicyclic) bond motifs is 1. The lowest BCUT2D eigenvalue weighted by molar-refractivity contribution is -0.384. The molecule has 0 N–H and O–H groups in total. The summed E-state index contributed by atoms with van der Waals surface area (Å²) in [6.07, 6.45) is 3.09. The van der Waals surface area contributed by atoms with Crippen LogP contribution in [-0.4, -0.2) is 20.8 Å². The molecule has 156 valence electrons. The van der Waals surface area contributed by atoms with Crippen molar-refractivity contribution in [3.8, 4) is 0 Å². The van der Waals surface area contributed by atoms with Gasteiger partial charge >= 0.3 is 0 Å². The number of non-ortho nitro benzene ring substituents is 1. The number of nitro benzene ring substituents is 1. The second kappa shape index (κ2) is 8.32. The molecule has 4 rings (SSSR count). The van der Waals surface area contributed by atoms with Gasteiger partial charge in [0.2, 0.25) is 0 Å². The second-order valence-electron chi connectivity index (χ2n) is 6.40. The largest absolute Gasteiger partial charge is 0.279 e. The molecule has 7 nitrogen and oxygen atoms in total. The minimum absolute atomic E-state index is 0.00474. The first kappa shape index (κ1) is 20.8. The fourth-order valence-corrected chi connectivity index (χ4v) is 4.10. The van der Waals surface area contributed by atoms with Crippen molar-refractivity contribution in [1.82, 2.24) is 9.97 Å². The van der Waals surface area contributed by atoms with Crippen molar-refractivity contribution in [3.63, 3.8) is 0 Å². The number of halogens is 3. The highest BCUT2D eigenvalue weighted by atomic mass is 35.5. The number of benzene rings is 2. The number of carbonyl (C=O) groups is 1. The van der Waals surface area contributed by atoms with Gasteiger partial charge in [-0.15, -0.1) is 0 Å². The van der Waals surface area contributed by atoms with Crippen LogP contribution in [0.15, 0.2) is 54.9 Å². The maximum Gasteiger partial charge on any atom is 0.270 e. The SMILES string of the molecule is O=C(c1cc([N+](=O)[O-])ccc1Cl)N(Cc1cccnc1)c1nc2c(F)cc(F)cc2s1. The van der Waals surface area contributed by atoms with E-state index in [2.05, 4.69) is 9.97 Å². The lowest BCUT2D eigenvalue weighted by Crippen LogP contribution is -2.30. The first-order valence-electron chi connectivity index (χ1n) is 8.74. The highest BCUT2D eigenvalue weighted by molar-refractivity contribution is 7.22. The van der Waals surface area contributed by atoms with Crippen LogP contribution < -0.4 is 4.90 Å². The van der Waals surface area contributed by atoms with Gasteiger partial charge in [-0.2, -0.15) is 0 Å². The molecule has 0 radical (unpaired) electrons. The van der Waals surface area contributed by atoms with Crippen LogP contribution in [0.4, 0.5) is 19.6 Å². The van der Waals surface area contributed by atoms with Crippen LogP contribution in [0.25, 0.3) is 10.2 Å². The third-order valence-corrected chi connectivity index (χ3v) is 5.69. The molecule has 0 atom stereocenters. The average Bonchev–Trinajstić information content (AvgIpc) is 3.16. The van der Waals surface area contributed by atoms with Crippen molar-refractivity contribution in [3.05, 3.63) is 92.8 Å². The van der Waals surface area contributed by atoms with Gasteiger partial charge in [-0.25, -0.2) is 13.8 Å². The van der Waals surface area contributed by atoms with E-state index in [1.165, 1.54) is 23.2 Å². The standard InChI is InChI=1S/C20H11ClF2N4O3S/c21-15-4-3-13(27(29)30)8-14(15)19(28)26(10-11-2-1-5-24-9-11)20-25-18-16(23)6-12(22)7-17(18)31-20/h1-9H,10H2. The fraction of sp³-hybridized carbons (Fsp3) is 0.0500. The number of amides is 1. The van der Waals surface area contributed by atoms with Crippen LogP contribution in [0.2, 0.25) is 5.02 Å². The van der Waals surface area contributed by atoms with Gasteiger partial charge in [-0.05, 0) is 23.8 Å². The smallest absolute Gasteiger partial charge is 0.270 e. The third-order valence-electron chi connectivity index (χ3n) is 4.33. The molecule has 2 aromatic carbocycles. The van der Waals surface area contributed by atoms with E-state index in [4.69, 9.17) is 11.6 Å². The van der Waals surface area contributed by atoms with Gasteiger partial charge in [0.15, 0.2) is 10.9 Å². The van der Waals surface area contributed by atoms with Gasteiger partial charge in [0, 0.05) is 30.6 Å². The highest BCUT2D eigenvalue weighted by Crippen LogP contribution is 2.34. The summed E-state index contributed by atoms with van der Waals surface area (Å²) in [5, 5.41) is 11.2. The Morgan fingerprint density at radius 1 is 1.23 bits per heavy atom. The minimum Gasteiger partial charge on any atom is -0.279 e. The van der Waals surface area contributed by atoms with E-state index in [1.54, 1.807) is 18.3 Å². The maximum atomic E-state index is 14.2. The summed E-state index contributed by atoms with van der Waals surface area (Å²) in [5.74, 6) is -2.32. The van der Waals surface area contributed by atoms with Crippen LogP contribution in [0.1, 0.15) is 15.9 Å². The molecule has 31 heavy (non-hydrogen) atoms. The Kier molecular flexibility index (Phi) is 5.57. The highest BCUT2D eigenvalue weighted by Gasteiger charge is 2.26. The van der Waals surface area contributed by atoms with Crippen molar-refractivity contribution >= 4 is 49.9 Å².